The molecule has 25 heavy (non-hydrogen) atoms. The zero-order valence-electron chi connectivity index (χ0n) is 14.7. The van der Waals surface area contributed by atoms with Crippen LogP contribution in [0.4, 0.5) is 0 Å². The molecule has 0 unspecified atom stereocenters. The van der Waals surface area contributed by atoms with E-state index in [1.54, 1.807) is 18.3 Å². The minimum Gasteiger partial charge on any atom is -0.481 e. The highest BCUT2D eigenvalue weighted by atomic mass is 35.5. The highest BCUT2D eigenvalue weighted by Gasteiger charge is 2.13. The van der Waals surface area contributed by atoms with Crippen LogP contribution in [0.3, 0.4) is 0 Å². The van der Waals surface area contributed by atoms with Gasteiger partial charge in [-0.2, -0.15) is 5.10 Å². The molecule has 1 N–H and O–H groups in total. The van der Waals surface area contributed by atoms with Crippen LogP contribution in [0.5, 0.6) is 0 Å². The van der Waals surface area contributed by atoms with Gasteiger partial charge in [-0.1, -0.05) is 31.2 Å². The van der Waals surface area contributed by atoms with Crippen molar-refractivity contribution in [3.05, 3.63) is 39.3 Å². The molecule has 1 aromatic carbocycles. The Balaban J connectivity index is 2.23. The van der Waals surface area contributed by atoms with Crippen molar-refractivity contribution >= 4 is 36.4 Å². The van der Waals surface area contributed by atoms with Gasteiger partial charge in [0.2, 0.25) is 0 Å². The topological polar surface area (TPSA) is 81.4 Å². The van der Waals surface area contributed by atoms with Crippen molar-refractivity contribution in [3.63, 3.8) is 0 Å². The Morgan fingerprint density at radius 1 is 1.32 bits per heavy atom. The maximum atomic E-state index is 12.6. The molecule has 2 aromatic rings. The van der Waals surface area contributed by atoms with Crippen LogP contribution in [0.2, 0.25) is 30.7 Å². The number of benzene rings is 1. The van der Waals surface area contributed by atoms with E-state index in [-0.39, 0.29) is 18.7 Å². The van der Waals surface area contributed by atoms with Crippen molar-refractivity contribution in [2.75, 3.05) is 6.61 Å². The number of carboxylic acid groups (broad SMARTS) is 1. The van der Waals surface area contributed by atoms with Gasteiger partial charge in [0.15, 0.2) is 0 Å². The molecule has 0 saturated carbocycles. The first-order valence-electron chi connectivity index (χ1n) is 8.15. The van der Waals surface area contributed by atoms with Crippen LogP contribution < -0.4 is 5.56 Å². The summed E-state index contributed by atoms with van der Waals surface area (Å²) in [7, 11) is -1.18. The summed E-state index contributed by atoms with van der Waals surface area (Å²) in [6.07, 6.45) is 1.84. The van der Waals surface area contributed by atoms with Gasteiger partial charge in [-0.3, -0.25) is 9.59 Å². The van der Waals surface area contributed by atoms with Crippen molar-refractivity contribution in [2.45, 2.75) is 45.3 Å². The second-order valence-corrected chi connectivity index (χ2v) is 13.3. The normalized spacial score (nSPS) is 11.8. The predicted octanol–water partition coefficient (Wildman–Crippen LogP) is 3.38. The number of aryl methyl sites for hydroxylation is 1. The van der Waals surface area contributed by atoms with Crippen LogP contribution in [-0.2, 0) is 22.7 Å². The van der Waals surface area contributed by atoms with E-state index in [4.69, 9.17) is 21.4 Å². The largest absolute Gasteiger partial charge is 0.481 e. The molecule has 6 nitrogen and oxygen atoms in total. The van der Waals surface area contributed by atoms with E-state index in [0.29, 0.717) is 34.4 Å². The maximum absolute atomic E-state index is 12.6. The summed E-state index contributed by atoms with van der Waals surface area (Å²) in [4.78, 5) is 23.4. The lowest BCUT2D eigenvalue weighted by Gasteiger charge is -2.15. The Bertz CT molecular complexity index is 830. The molecule has 1 aromatic heterocycles. The number of nitrogens with zero attached hydrogens (tertiary/aromatic N) is 2. The molecule has 0 aliphatic carbocycles. The zero-order valence-corrected chi connectivity index (χ0v) is 16.5. The van der Waals surface area contributed by atoms with Crippen molar-refractivity contribution in [3.8, 4) is 0 Å². The fourth-order valence-corrected chi connectivity index (χ4v) is 3.39. The van der Waals surface area contributed by atoms with Gasteiger partial charge in [0.1, 0.15) is 6.73 Å². The highest BCUT2D eigenvalue weighted by Crippen LogP contribution is 2.22. The van der Waals surface area contributed by atoms with Gasteiger partial charge in [0.25, 0.3) is 5.56 Å². The van der Waals surface area contributed by atoms with E-state index >= 15 is 0 Å². The predicted molar refractivity (Wildman–Crippen MR) is 101 cm³/mol. The summed E-state index contributed by atoms with van der Waals surface area (Å²) >= 11 is 6.10. The van der Waals surface area contributed by atoms with E-state index < -0.39 is 14.0 Å². The fourth-order valence-electron chi connectivity index (χ4n) is 2.39. The van der Waals surface area contributed by atoms with Gasteiger partial charge in [-0.25, -0.2) is 4.68 Å². The van der Waals surface area contributed by atoms with Gasteiger partial charge in [0, 0.05) is 31.5 Å². The Hall–Kier alpha value is -1.70. The minimum atomic E-state index is -1.18. The summed E-state index contributed by atoms with van der Waals surface area (Å²) in [6, 6.07) is 4.28. The fraction of sp³-hybridized carbons (Fsp3) is 0.471. The minimum absolute atomic E-state index is 0.0294. The molecule has 0 aliphatic rings. The molecule has 0 bridgehead atoms. The quantitative estimate of drug-likeness (QED) is 0.559. The number of rotatable bonds is 8. The van der Waals surface area contributed by atoms with Crippen molar-refractivity contribution in [1.29, 1.82) is 0 Å². The van der Waals surface area contributed by atoms with E-state index in [0.717, 1.165) is 6.04 Å². The number of carbonyl (C=O) groups is 1. The smallest absolute Gasteiger partial charge is 0.303 e. The Morgan fingerprint density at radius 2 is 2.04 bits per heavy atom. The zero-order chi connectivity index (χ0) is 18.6. The first-order chi connectivity index (χ1) is 11.7. The third kappa shape index (κ3) is 5.66. The number of fused-ring (bicyclic) bond motifs is 1. The van der Waals surface area contributed by atoms with Crippen LogP contribution in [0.1, 0.15) is 12.0 Å². The van der Waals surface area contributed by atoms with Gasteiger partial charge in [-0.05, 0) is 30.2 Å². The van der Waals surface area contributed by atoms with Gasteiger partial charge >= 0.3 is 5.97 Å². The molecular weight excluding hydrogens is 360 g/mol. The summed E-state index contributed by atoms with van der Waals surface area (Å²) in [5.41, 5.74) is 0.422. The lowest BCUT2D eigenvalue weighted by molar-refractivity contribution is -0.136. The molecular formula is C17H23ClN2O4Si. The third-order valence-corrected chi connectivity index (χ3v) is 5.76. The molecule has 0 radical (unpaired) electrons. The molecule has 1 heterocycles. The molecule has 0 spiro atoms. The van der Waals surface area contributed by atoms with Crippen LogP contribution >= 0.6 is 11.6 Å². The van der Waals surface area contributed by atoms with E-state index in [9.17, 15) is 9.59 Å². The van der Waals surface area contributed by atoms with Crippen LogP contribution in [0.15, 0.2) is 23.1 Å². The monoisotopic (exact) mass is 382 g/mol. The van der Waals surface area contributed by atoms with E-state index in [2.05, 4.69) is 24.7 Å². The summed E-state index contributed by atoms with van der Waals surface area (Å²) in [5, 5.41) is 14.5. The number of ether oxygens (including phenoxy) is 1. The molecule has 2 rings (SSSR count). The lowest BCUT2D eigenvalue weighted by atomic mass is 10.0. The average molecular weight is 383 g/mol. The summed E-state index contributed by atoms with van der Waals surface area (Å²) in [5.74, 6) is -0.898. The molecule has 136 valence electrons. The molecule has 0 fully saturated rings. The molecule has 0 amide bonds. The van der Waals surface area contributed by atoms with E-state index in [1.807, 2.05) is 0 Å². The Labute approximate surface area is 152 Å². The third-order valence-electron chi connectivity index (χ3n) is 3.84. The van der Waals surface area contributed by atoms with Crippen LogP contribution in [-0.4, -0.2) is 35.5 Å². The Kier molecular flexibility index (Phi) is 6.37. The summed E-state index contributed by atoms with van der Waals surface area (Å²) in [6.45, 7) is 7.48. The number of aliphatic carboxylic acids is 1. The highest BCUT2D eigenvalue weighted by molar-refractivity contribution is 6.76. The van der Waals surface area contributed by atoms with Gasteiger partial charge < -0.3 is 9.84 Å². The second kappa shape index (κ2) is 8.12. The van der Waals surface area contributed by atoms with Crippen LogP contribution in [0, 0.1) is 0 Å². The number of hydrogen-bond acceptors (Lipinski definition) is 4. The van der Waals surface area contributed by atoms with Gasteiger partial charge in [0.05, 0.1) is 11.6 Å². The number of hydrogen-bond donors (Lipinski definition) is 1. The average Bonchev–Trinajstić information content (AvgIpc) is 2.50. The van der Waals surface area contributed by atoms with Crippen molar-refractivity contribution < 1.29 is 14.6 Å². The maximum Gasteiger partial charge on any atom is 0.303 e. The number of halogens is 1. The lowest BCUT2D eigenvalue weighted by Crippen LogP contribution is -2.26. The van der Waals surface area contributed by atoms with Crippen molar-refractivity contribution in [2.24, 2.45) is 0 Å². The summed E-state index contributed by atoms with van der Waals surface area (Å²) < 4.78 is 6.86. The molecule has 0 aliphatic heterocycles. The molecule has 0 atom stereocenters. The molecule has 0 saturated heterocycles. The number of carboxylic acids is 1. The first kappa shape index (κ1) is 19.6. The second-order valence-electron chi connectivity index (χ2n) is 7.22. The SMILES string of the molecule is C[Si](C)(C)CCOCn1ncc2c(CCC(=O)O)cc(Cl)cc2c1=O. The standard InChI is InChI=1S/C17H23ClN2O4Si/c1-25(2,3)7-6-24-11-20-17(23)14-9-13(18)8-12(4-5-16(21)22)15(14)10-19-20/h8-10H,4-7,11H2,1-3H3,(H,21,22). The number of aromatic nitrogens is 2. The molecule has 8 heteroatoms. The first-order valence-corrected chi connectivity index (χ1v) is 12.2. The Morgan fingerprint density at radius 3 is 2.68 bits per heavy atom. The van der Waals surface area contributed by atoms with Crippen LogP contribution in [0.25, 0.3) is 10.8 Å². The van der Waals surface area contributed by atoms with Gasteiger partial charge in [-0.15, -0.1) is 0 Å². The van der Waals surface area contributed by atoms with Crippen molar-refractivity contribution in [1.82, 2.24) is 9.78 Å². The van der Waals surface area contributed by atoms with E-state index in [1.165, 1.54) is 4.68 Å².